The fraction of sp³-hybridized carbons (Fsp3) is 0.417. The van der Waals surface area contributed by atoms with Crippen LogP contribution in [0.1, 0.15) is 32.4 Å². The van der Waals surface area contributed by atoms with Crippen LogP contribution in [0.5, 0.6) is 0 Å². The summed E-state index contributed by atoms with van der Waals surface area (Å²) >= 11 is 0. The molecule has 2 rings (SSSR count). The van der Waals surface area contributed by atoms with Crippen molar-refractivity contribution in [1.82, 2.24) is 19.7 Å². The number of aromatic nitrogens is 4. The lowest BCUT2D eigenvalue weighted by molar-refractivity contribution is 0.756. The average Bonchev–Trinajstić information content (AvgIpc) is 2.79. The maximum atomic E-state index is 4.48. The van der Waals surface area contributed by atoms with Crippen LogP contribution in [0.3, 0.4) is 0 Å². The Morgan fingerprint density at radius 1 is 1.35 bits per heavy atom. The molecule has 17 heavy (non-hydrogen) atoms. The third kappa shape index (κ3) is 2.61. The summed E-state index contributed by atoms with van der Waals surface area (Å²) in [5.41, 5.74) is 1.06. The van der Waals surface area contributed by atoms with E-state index in [0.29, 0.717) is 5.92 Å². The lowest BCUT2D eigenvalue weighted by Gasteiger charge is -2.04. The van der Waals surface area contributed by atoms with Crippen LogP contribution < -0.4 is 5.32 Å². The molecular weight excluding hydrogens is 214 g/mol. The number of hydrogen-bond acceptors (Lipinski definition) is 4. The molecular formula is C12H17N5. The van der Waals surface area contributed by atoms with E-state index in [1.165, 1.54) is 0 Å². The molecule has 0 bridgehead atoms. The van der Waals surface area contributed by atoms with Crippen molar-refractivity contribution in [3.8, 4) is 5.82 Å². The molecule has 0 atom stereocenters. The van der Waals surface area contributed by atoms with Crippen molar-refractivity contribution in [2.75, 3.05) is 11.9 Å². The second-order valence-corrected chi connectivity index (χ2v) is 4.13. The first kappa shape index (κ1) is 11.6. The molecule has 0 aliphatic rings. The molecule has 90 valence electrons. The monoisotopic (exact) mass is 231 g/mol. The molecule has 0 unspecified atom stereocenters. The van der Waals surface area contributed by atoms with E-state index in [1.54, 1.807) is 11.0 Å². The Hall–Kier alpha value is -1.91. The highest BCUT2D eigenvalue weighted by atomic mass is 15.3. The van der Waals surface area contributed by atoms with Gasteiger partial charge in [-0.05, 0) is 18.9 Å². The Bertz CT molecular complexity index is 489. The van der Waals surface area contributed by atoms with Crippen LogP contribution in [-0.4, -0.2) is 26.3 Å². The van der Waals surface area contributed by atoms with E-state index in [2.05, 4.69) is 34.2 Å². The Kier molecular flexibility index (Phi) is 3.37. The van der Waals surface area contributed by atoms with Gasteiger partial charge >= 0.3 is 0 Å². The average molecular weight is 231 g/mol. The van der Waals surface area contributed by atoms with Crippen molar-refractivity contribution in [2.45, 2.75) is 26.7 Å². The SMILES string of the molecule is CCNc1cc(-n2ccc(C(C)C)n2)ncn1. The van der Waals surface area contributed by atoms with Gasteiger partial charge in [0, 0.05) is 18.8 Å². The van der Waals surface area contributed by atoms with Gasteiger partial charge in [-0.15, -0.1) is 0 Å². The van der Waals surface area contributed by atoms with Gasteiger partial charge in [0.15, 0.2) is 5.82 Å². The van der Waals surface area contributed by atoms with E-state index in [9.17, 15) is 0 Å². The van der Waals surface area contributed by atoms with Crippen LogP contribution in [0.2, 0.25) is 0 Å². The van der Waals surface area contributed by atoms with Crippen LogP contribution in [0.4, 0.5) is 5.82 Å². The number of nitrogens with one attached hydrogen (secondary N) is 1. The Balaban J connectivity index is 2.28. The topological polar surface area (TPSA) is 55.6 Å². The maximum absolute atomic E-state index is 4.48. The van der Waals surface area contributed by atoms with Crippen molar-refractivity contribution >= 4 is 5.82 Å². The molecule has 0 radical (unpaired) electrons. The minimum Gasteiger partial charge on any atom is -0.370 e. The Labute approximate surface area is 101 Å². The molecule has 2 aromatic rings. The molecule has 0 aliphatic heterocycles. The summed E-state index contributed by atoms with van der Waals surface area (Å²) in [6.45, 7) is 7.12. The van der Waals surface area contributed by atoms with Crippen LogP contribution in [-0.2, 0) is 0 Å². The molecule has 5 heteroatoms. The fourth-order valence-electron chi connectivity index (χ4n) is 1.52. The third-order valence-corrected chi connectivity index (χ3v) is 2.45. The first-order chi connectivity index (χ1) is 8.20. The summed E-state index contributed by atoms with van der Waals surface area (Å²) in [6, 6.07) is 3.90. The van der Waals surface area contributed by atoms with Gasteiger partial charge in [0.2, 0.25) is 0 Å². The number of nitrogens with zero attached hydrogens (tertiary/aromatic N) is 4. The highest BCUT2D eigenvalue weighted by molar-refractivity contribution is 5.39. The zero-order chi connectivity index (χ0) is 12.3. The first-order valence-electron chi connectivity index (χ1n) is 5.82. The fourth-order valence-corrected chi connectivity index (χ4v) is 1.52. The summed E-state index contributed by atoms with van der Waals surface area (Å²) in [5, 5.41) is 7.63. The zero-order valence-electron chi connectivity index (χ0n) is 10.4. The summed E-state index contributed by atoms with van der Waals surface area (Å²) in [4.78, 5) is 8.35. The lowest BCUT2D eigenvalue weighted by atomic mass is 10.1. The van der Waals surface area contributed by atoms with Crippen LogP contribution in [0.25, 0.3) is 5.82 Å². The molecule has 2 heterocycles. The van der Waals surface area contributed by atoms with Gasteiger partial charge in [-0.1, -0.05) is 13.8 Å². The molecule has 0 aliphatic carbocycles. The minimum atomic E-state index is 0.423. The summed E-state index contributed by atoms with van der Waals surface area (Å²) < 4.78 is 1.78. The molecule has 0 saturated heterocycles. The van der Waals surface area contributed by atoms with Gasteiger partial charge in [-0.25, -0.2) is 14.6 Å². The van der Waals surface area contributed by atoms with Crippen molar-refractivity contribution in [3.63, 3.8) is 0 Å². The Morgan fingerprint density at radius 2 is 2.18 bits per heavy atom. The molecule has 0 amide bonds. The zero-order valence-corrected chi connectivity index (χ0v) is 10.4. The van der Waals surface area contributed by atoms with E-state index in [1.807, 2.05) is 25.3 Å². The summed E-state index contributed by atoms with van der Waals surface area (Å²) in [5.74, 6) is 2.02. The highest BCUT2D eigenvalue weighted by Crippen LogP contribution is 2.13. The van der Waals surface area contributed by atoms with Gasteiger partial charge in [0.1, 0.15) is 12.1 Å². The lowest BCUT2D eigenvalue weighted by Crippen LogP contribution is -2.04. The van der Waals surface area contributed by atoms with Crippen LogP contribution >= 0.6 is 0 Å². The van der Waals surface area contributed by atoms with Crippen molar-refractivity contribution in [1.29, 1.82) is 0 Å². The number of anilines is 1. The van der Waals surface area contributed by atoms with Gasteiger partial charge in [-0.3, -0.25) is 0 Å². The van der Waals surface area contributed by atoms with E-state index >= 15 is 0 Å². The van der Waals surface area contributed by atoms with Gasteiger partial charge < -0.3 is 5.32 Å². The molecule has 0 fully saturated rings. The van der Waals surface area contributed by atoms with Crippen molar-refractivity contribution < 1.29 is 0 Å². The predicted molar refractivity (Wildman–Crippen MR) is 67.4 cm³/mol. The van der Waals surface area contributed by atoms with E-state index in [-0.39, 0.29) is 0 Å². The second-order valence-electron chi connectivity index (χ2n) is 4.13. The maximum Gasteiger partial charge on any atom is 0.158 e. The van der Waals surface area contributed by atoms with Crippen molar-refractivity contribution in [2.24, 2.45) is 0 Å². The summed E-state index contributed by atoms with van der Waals surface area (Å²) in [7, 11) is 0. The molecule has 1 N–H and O–H groups in total. The highest BCUT2D eigenvalue weighted by Gasteiger charge is 2.06. The normalized spacial score (nSPS) is 10.8. The number of rotatable bonds is 4. The molecule has 0 spiro atoms. The molecule has 2 aromatic heterocycles. The molecule has 0 saturated carbocycles. The quantitative estimate of drug-likeness (QED) is 0.876. The minimum absolute atomic E-state index is 0.423. The van der Waals surface area contributed by atoms with E-state index < -0.39 is 0 Å². The second kappa shape index (κ2) is 4.95. The van der Waals surface area contributed by atoms with Gasteiger partial charge in [-0.2, -0.15) is 5.10 Å². The molecule has 5 nitrogen and oxygen atoms in total. The Morgan fingerprint density at radius 3 is 2.82 bits per heavy atom. The van der Waals surface area contributed by atoms with Crippen LogP contribution in [0, 0.1) is 0 Å². The smallest absolute Gasteiger partial charge is 0.158 e. The molecule has 0 aromatic carbocycles. The predicted octanol–water partition coefficient (Wildman–Crippen LogP) is 2.22. The van der Waals surface area contributed by atoms with Gasteiger partial charge in [0.05, 0.1) is 5.69 Å². The summed E-state index contributed by atoms with van der Waals surface area (Å²) in [6.07, 6.45) is 3.47. The van der Waals surface area contributed by atoms with E-state index in [0.717, 1.165) is 23.9 Å². The largest absolute Gasteiger partial charge is 0.370 e. The first-order valence-corrected chi connectivity index (χ1v) is 5.82. The number of hydrogen-bond donors (Lipinski definition) is 1. The van der Waals surface area contributed by atoms with E-state index in [4.69, 9.17) is 0 Å². The standard InChI is InChI=1S/C12H17N5/c1-4-13-11-7-12(15-8-14-11)17-6-5-10(16-17)9(2)3/h5-9H,4H2,1-3H3,(H,13,14,15). The third-order valence-electron chi connectivity index (χ3n) is 2.45. The van der Waals surface area contributed by atoms with Crippen molar-refractivity contribution in [3.05, 3.63) is 30.4 Å². The van der Waals surface area contributed by atoms with Gasteiger partial charge in [0.25, 0.3) is 0 Å². The van der Waals surface area contributed by atoms with Crippen LogP contribution in [0.15, 0.2) is 24.7 Å².